The number of anilines is 1. The molecule has 2 aliphatic rings. The summed E-state index contributed by atoms with van der Waals surface area (Å²) in [6.45, 7) is 7.33. The molecular weight excluding hydrogens is 352 g/mol. The highest BCUT2D eigenvalue weighted by Crippen LogP contribution is 2.33. The summed E-state index contributed by atoms with van der Waals surface area (Å²) in [7, 11) is 0. The number of hydrogen-bond donors (Lipinski definition) is 2. The van der Waals surface area contributed by atoms with Gasteiger partial charge in [0.2, 0.25) is 11.8 Å². The fourth-order valence-electron chi connectivity index (χ4n) is 4.52. The van der Waals surface area contributed by atoms with E-state index in [9.17, 15) is 9.59 Å². The van der Waals surface area contributed by atoms with E-state index in [0.29, 0.717) is 49.7 Å². The molecule has 0 spiro atoms. The second-order valence-electron chi connectivity index (χ2n) is 8.82. The predicted octanol–water partition coefficient (Wildman–Crippen LogP) is 4.31. The second-order valence-corrected chi connectivity index (χ2v) is 8.82. The molecule has 1 aromatic rings. The quantitative estimate of drug-likeness (QED) is 0.686. The molecule has 5 heteroatoms. The van der Waals surface area contributed by atoms with Crippen LogP contribution in [0.2, 0.25) is 0 Å². The van der Waals surface area contributed by atoms with Gasteiger partial charge >= 0.3 is 0 Å². The van der Waals surface area contributed by atoms with Gasteiger partial charge in [-0.1, -0.05) is 27.2 Å². The first-order chi connectivity index (χ1) is 13.4. The third-order valence-corrected chi connectivity index (χ3v) is 6.16. The first-order valence-corrected chi connectivity index (χ1v) is 10.8. The average molecular weight is 387 g/mol. The fourth-order valence-corrected chi connectivity index (χ4v) is 4.52. The maximum atomic E-state index is 12.4. The van der Waals surface area contributed by atoms with Gasteiger partial charge < -0.3 is 15.4 Å². The van der Waals surface area contributed by atoms with Crippen LogP contribution in [0.1, 0.15) is 64.9 Å². The van der Waals surface area contributed by atoms with Crippen molar-refractivity contribution in [3.05, 3.63) is 23.8 Å². The number of aryl methyl sites for hydroxylation is 1. The Labute approximate surface area is 168 Å². The van der Waals surface area contributed by atoms with Gasteiger partial charge in [0.05, 0.1) is 6.61 Å². The minimum atomic E-state index is 0.0687. The molecule has 2 N–H and O–H groups in total. The summed E-state index contributed by atoms with van der Waals surface area (Å²) in [4.78, 5) is 23.8. The van der Waals surface area contributed by atoms with Gasteiger partial charge in [0.15, 0.2) is 0 Å². The molecule has 1 aromatic carbocycles. The van der Waals surface area contributed by atoms with Gasteiger partial charge in [-0.2, -0.15) is 0 Å². The summed E-state index contributed by atoms with van der Waals surface area (Å²) in [5.41, 5.74) is 1.99. The largest absolute Gasteiger partial charge is 0.494 e. The highest BCUT2D eigenvalue weighted by atomic mass is 16.5. The van der Waals surface area contributed by atoms with Crippen LogP contribution in [0.25, 0.3) is 0 Å². The van der Waals surface area contributed by atoms with Gasteiger partial charge in [0, 0.05) is 24.6 Å². The van der Waals surface area contributed by atoms with Crippen molar-refractivity contribution in [2.24, 2.45) is 17.8 Å². The first-order valence-electron chi connectivity index (χ1n) is 10.8. The molecular formula is C23H34N2O3. The number of nitrogens with one attached hydrogen (secondary N) is 2. The fraction of sp³-hybridized carbons (Fsp3) is 0.652. The maximum Gasteiger partial charge on any atom is 0.224 e. The summed E-state index contributed by atoms with van der Waals surface area (Å²) in [5.74, 6) is 2.90. The van der Waals surface area contributed by atoms with Crippen LogP contribution in [0.5, 0.6) is 5.75 Å². The number of hydrogen-bond acceptors (Lipinski definition) is 3. The minimum absolute atomic E-state index is 0.0687. The van der Waals surface area contributed by atoms with E-state index in [-0.39, 0.29) is 11.8 Å². The zero-order chi connectivity index (χ0) is 20.1. The molecule has 28 heavy (non-hydrogen) atoms. The lowest BCUT2D eigenvalue weighted by atomic mass is 9.74. The SMILES string of the molecule is CC1CCC(C(C)C)C(NC(=O)CCCOc2ccc3c(c2)CCC(=O)N3)C1. The van der Waals surface area contributed by atoms with Crippen LogP contribution in [0.3, 0.4) is 0 Å². The number of carbonyl (C=O) groups excluding carboxylic acids is 2. The summed E-state index contributed by atoms with van der Waals surface area (Å²) in [6, 6.07) is 6.07. The molecule has 1 aliphatic heterocycles. The van der Waals surface area contributed by atoms with Gasteiger partial charge in [-0.05, 0) is 67.2 Å². The van der Waals surface area contributed by atoms with Gasteiger partial charge in [-0.25, -0.2) is 0 Å². The number of rotatable bonds is 7. The first kappa shape index (κ1) is 20.7. The van der Waals surface area contributed by atoms with Crippen LogP contribution < -0.4 is 15.4 Å². The average Bonchev–Trinajstić information content (AvgIpc) is 2.65. The predicted molar refractivity (Wildman–Crippen MR) is 111 cm³/mol. The van der Waals surface area contributed by atoms with Gasteiger partial charge in [0.25, 0.3) is 0 Å². The molecule has 5 nitrogen and oxygen atoms in total. The van der Waals surface area contributed by atoms with Crippen molar-refractivity contribution in [3.8, 4) is 5.75 Å². The summed E-state index contributed by atoms with van der Waals surface area (Å²) in [6.07, 6.45) is 6.05. The van der Waals surface area contributed by atoms with Gasteiger partial charge in [0.1, 0.15) is 5.75 Å². The number of benzene rings is 1. The van der Waals surface area contributed by atoms with Crippen molar-refractivity contribution >= 4 is 17.5 Å². The molecule has 1 saturated carbocycles. The highest BCUT2D eigenvalue weighted by Gasteiger charge is 2.31. The molecule has 3 rings (SSSR count). The van der Waals surface area contributed by atoms with E-state index in [4.69, 9.17) is 4.74 Å². The third-order valence-electron chi connectivity index (χ3n) is 6.16. The lowest BCUT2D eigenvalue weighted by Crippen LogP contribution is -2.45. The van der Waals surface area contributed by atoms with E-state index in [0.717, 1.165) is 29.8 Å². The minimum Gasteiger partial charge on any atom is -0.494 e. The van der Waals surface area contributed by atoms with Crippen LogP contribution in [-0.2, 0) is 16.0 Å². The van der Waals surface area contributed by atoms with Crippen LogP contribution >= 0.6 is 0 Å². The van der Waals surface area contributed by atoms with Crippen LogP contribution in [-0.4, -0.2) is 24.5 Å². The van der Waals surface area contributed by atoms with Crippen LogP contribution in [0.4, 0.5) is 5.69 Å². The van der Waals surface area contributed by atoms with Gasteiger partial charge in [-0.3, -0.25) is 9.59 Å². The second kappa shape index (κ2) is 9.44. The smallest absolute Gasteiger partial charge is 0.224 e. The number of carbonyl (C=O) groups is 2. The molecule has 3 atom stereocenters. The third kappa shape index (κ3) is 5.49. The summed E-state index contributed by atoms with van der Waals surface area (Å²) >= 11 is 0. The Hall–Kier alpha value is -2.04. The van der Waals surface area contributed by atoms with Crippen molar-refractivity contribution in [1.82, 2.24) is 5.32 Å². The molecule has 1 heterocycles. The van der Waals surface area contributed by atoms with E-state index in [1.54, 1.807) is 0 Å². The Bertz CT molecular complexity index is 701. The van der Waals surface area contributed by atoms with Crippen molar-refractivity contribution in [1.29, 1.82) is 0 Å². The normalized spacial score (nSPS) is 24.4. The van der Waals surface area contributed by atoms with E-state index >= 15 is 0 Å². The lowest BCUT2D eigenvalue weighted by Gasteiger charge is -2.37. The molecule has 0 saturated heterocycles. The molecule has 0 aromatic heterocycles. The molecule has 1 fully saturated rings. The van der Waals surface area contributed by atoms with Crippen molar-refractivity contribution in [2.75, 3.05) is 11.9 Å². The van der Waals surface area contributed by atoms with Crippen LogP contribution in [0.15, 0.2) is 18.2 Å². The number of fused-ring (bicyclic) bond motifs is 1. The topological polar surface area (TPSA) is 67.4 Å². The van der Waals surface area contributed by atoms with Gasteiger partial charge in [-0.15, -0.1) is 0 Å². The van der Waals surface area contributed by atoms with E-state index in [1.807, 2.05) is 18.2 Å². The van der Waals surface area contributed by atoms with E-state index in [2.05, 4.69) is 31.4 Å². The van der Waals surface area contributed by atoms with Crippen molar-refractivity contribution < 1.29 is 14.3 Å². The maximum absolute atomic E-state index is 12.4. The number of amides is 2. The highest BCUT2D eigenvalue weighted by molar-refractivity contribution is 5.94. The van der Waals surface area contributed by atoms with E-state index in [1.165, 1.54) is 12.8 Å². The molecule has 154 valence electrons. The molecule has 0 bridgehead atoms. The standard InChI is InChI=1S/C23H34N2O3/c1-15(2)19-9-6-16(3)13-21(19)25-22(26)5-4-12-28-18-8-10-20-17(14-18)7-11-23(27)24-20/h8,10,14-16,19,21H,4-7,9,11-13H2,1-3H3,(H,24,27)(H,25,26). The Kier molecular flexibility index (Phi) is 6.97. The van der Waals surface area contributed by atoms with Crippen LogP contribution in [0, 0.1) is 17.8 Å². The zero-order valence-corrected chi connectivity index (χ0v) is 17.4. The monoisotopic (exact) mass is 386 g/mol. The zero-order valence-electron chi connectivity index (χ0n) is 17.4. The molecule has 1 aliphatic carbocycles. The summed E-state index contributed by atoms with van der Waals surface area (Å²) < 4.78 is 5.82. The van der Waals surface area contributed by atoms with Crippen molar-refractivity contribution in [3.63, 3.8) is 0 Å². The number of ether oxygens (including phenoxy) is 1. The Balaban J connectivity index is 1.41. The van der Waals surface area contributed by atoms with E-state index < -0.39 is 0 Å². The lowest BCUT2D eigenvalue weighted by molar-refractivity contribution is -0.123. The Morgan fingerprint density at radius 3 is 2.89 bits per heavy atom. The molecule has 2 amide bonds. The molecule has 3 unspecified atom stereocenters. The molecule has 0 radical (unpaired) electrons. The summed E-state index contributed by atoms with van der Waals surface area (Å²) in [5, 5.41) is 6.16. The van der Waals surface area contributed by atoms with Crippen molar-refractivity contribution in [2.45, 2.75) is 71.8 Å². The Morgan fingerprint density at radius 2 is 2.11 bits per heavy atom. The Morgan fingerprint density at radius 1 is 1.29 bits per heavy atom.